The summed E-state index contributed by atoms with van der Waals surface area (Å²) in [6.45, 7) is 0.0241. The first-order valence-electron chi connectivity index (χ1n) is 8.65. The van der Waals surface area contributed by atoms with Crippen LogP contribution in [0.25, 0.3) is 16.3 Å². The number of carbonyl (C=O) groups is 1. The van der Waals surface area contributed by atoms with E-state index < -0.39 is 5.97 Å². The maximum Gasteiger partial charge on any atom is 0.331 e. The summed E-state index contributed by atoms with van der Waals surface area (Å²) in [4.78, 5) is 24.1. The Morgan fingerprint density at radius 3 is 3.00 bits per heavy atom. The Morgan fingerprint density at radius 1 is 1.27 bits per heavy atom. The molecule has 0 unspecified atom stereocenters. The van der Waals surface area contributed by atoms with Crippen LogP contribution >= 0.6 is 22.7 Å². The number of anilines is 1. The molecule has 0 atom stereocenters. The van der Waals surface area contributed by atoms with E-state index in [0.29, 0.717) is 11.6 Å². The third-order valence-corrected chi connectivity index (χ3v) is 6.43. The van der Waals surface area contributed by atoms with Gasteiger partial charge < -0.3 is 10.5 Å². The average Bonchev–Trinajstić information content (AvgIpc) is 3.21. The second-order valence-corrected chi connectivity index (χ2v) is 8.29. The minimum Gasteiger partial charge on any atom is -0.454 e. The van der Waals surface area contributed by atoms with Crippen LogP contribution in [-0.2, 0) is 29.0 Å². The Labute approximate surface area is 159 Å². The molecule has 3 heterocycles. The quantitative estimate of drug-likeness (QED) is 0.410. The number of hydrogen-bond acceptors (Lipinski definition) is 7. The van der Waals surface area contributed by atoms with Crippen LogP contribution < -0.4 is 5.73 Å². The van der Waals surface area contributed by atoms with Gasteiger partial charge in [-0.3, -0.25) is 0 Å². The molecule has 0 saturated heterocycles. The summed E-state index contributed by atoms with van der Waals surface area (Å²) in [5, 5.41) is 2.96. The first-order chi connectivity index (χ1) is 12.7. The Kier molecular flexibility index (Phi) is 4.99. The van der Waals surface area contributed by atoms with Crippen LogP contribution in [0.3, 0.4) is 0 Å². The summed E-state index contributed by atoms with van der Waals surface area (Å²) in [7, 11) is 0. The number of aromatic nitrogens is 2. The minimum atomic E-state index is -0.414. The second-order valence-electron chi connectivity index (χ2n) is 6.23. The molecule has 134 valence electrons. The molecular formula is C19H19N3O2S2. The van der Waals surface area contributed by atoms with E-state index in [4.69, 9.17) is 10.5 Å². The number of thiophene rings is 2. The van der Waals surface area contributed by atoms with E-state index in [0.717, 1.165) is 27.9 Å². The molecule has 26 heavy (non-hydrogen) atoms. The van der Waals surface area contributed by atoms with Gasteiger partial charge in [0.2, 0.25) is 0 Å². The smallest absolute Gasteiger partial charge is 0.331 e. The number of nitrogen functional groups attached to an aromatic ring is 1. The molecule has 2 N–H and O–H groups in total. The molecule has 7 heteroatoms. The maximum absolute atomic E-state index is 11.9. The van der Waals surface area contributed by atoms with E-state index >= 15 is 0 Å². The molecule has 1 aliphatic rings. The molecule has 0 aromatic carbocycles. The molecule has 0 saturated carbocycles. The van der Waals surface area contributed by atoms with E-state index in [1.807, 2.05) is 17.5 Å². The van der Waals surface area contributed by atoms with Crippen molar-refractivity contribution in [3.05, 3.63) is 44.7 Å². The summed E-state index contributed by atoms with van der Waals surface area (Å²) in [5.41, 5.74) is 7.53. The molecule has 1 aliphatic carbocycles. The van der Waals surface area contributed by atoms with Crippen molar-refractivity contribution >= 4 is 50.8 Å². The predicted molar refractivity (Wildman–Crippen MR) is 106 cm³/mol. The summed E-state index contributed by atoms with van der Waals surface area (Å²) in [6.07, 6.45) is 8.96. The van der Waals surface area contributed by atoms with Crippen LogP contribution in [0, 0.1) is 0 Å². The van der Waals surface area contributed by atoms with E-state index in [9.17, 15) is 4.79 Å². The van der Waals surface area contributed by atoms with Gasteiger partial charge in [-0.25, -0.2) is 14.8 Å². The first-order valence-corrected chi connectivity index (χ1v) is 10.4. The zero-order valence-corrected chi connectivity index (χ0v) is 15.9. The average molecular weight is 386 g/mol. The van der Waals surface area contributed by atoms with Gasteiger partial charge in [-0.15, -0.1) is 22.7 Å². The molecule has 0 radical (unpaired) electrons. The van der Waals surface area contributed by atoms with Gasteiger partial charge in [-0.05, 0) is 48.8 Å². The zero-order valence-electron chi connectivity index (χ0n) is 14.2. The van der Waals surface area contributed by atoms with Crippen LogP contribution in [0.15, 0.2) is 23.6 Å². The summed E-state index contributed by atoms with van der Waals surface area (Å²) in [6, 6.07) is 3.87. The third-order valence-electron chi connectivity index (χ3n) is 4.41. The molecule has 0 fully saturated rings. The number of esters is 1. The third kappa shape index (κ3) is 3.64. The lowest BCUT2D eigenvalue weighted by Crippen LogP contribution is -2.06. The molecule has 4 rings (SSSR count). The number of fused-ring (bicyclic) bond motifs is 3. The summed E-state index contributed by atoms with van der Waals surface area (Å²) >= 11 is 3.26. The minimum absolute atomic E-state index is 0.0241. The zero-order chi connectivity index (χ0) is 17.9. The van der Waals surface area contributed by atoms with Crippen LogP contribution in [0.2, 0.25) is 0 Å². The van der Waals surface area contributed by atoms with E-state index in [2.05, 4.69) is 9.97 Å². The summed E-state index contributed by atoms with van der Waals surface area (Å²) in [5.74, 6) is 0.529. The van der Waals surface area contributed by atoms with Crippen molar-refractivity contribution in [1.29, 1.82) is 0 Å². The monoisotopic (exact) mass is 385 g/mol. The van der Waals surface area contributed by atoms with Crippen molar-refractivity contribution in [2.24, 2.45) is 0 Å². The van der Waals surface area contributed by atoms with E-state index in [1.54, 1.807) is 28.7 Å². The molecule has 0 aliphatic heterocycles. The van der Waals surface area contributed by atoms with Gasteiger partial charge in [0.1, 0.15) is 10.6 Å². The fourth-order valence-electron chi connectivity index (χ4n) is 3.19. The second kappa shape index (κ2) is 7.55. The van der Waals surface area contributed by atoms with Gasteiger partial charge in [0, 0.05) is 15.8 Å². The van der Waals surface area contributed by atoms with Crippen LogP contribution in [-0.4, -0.2) is 15.9 Å². The number of ether oxygens (including phenoxy) is 1. The molecular weight excluding hydrogens is 366 g/mol. The normalized spacial score (nSPS) is 14.5. The number of carbonyl (C=O) groups excluding carboxylic acids is 1. The Hall–Kier alpha value is -2.25. The fourth-order valence-corrected chi connectivity index (χ4v) is 5.10. The highest BCUT2D eigenvalue weighted by Gasteiger charge is 2.19. The lowest BCUT2D eigenvalue weighted by molar-refractivity contribution is -0.139. The van der Waals surface area contributed by atoms with Gasteiger partial charge in [0.25, 0.3) is 0 Å². The highest BCUT2D eigenvalue weighted by Crippen LogP contribution is 2.37. The first kappa shape index (κ1) is 17.2. The van der Waals surface area contributed by atoms with E-state index in [-0.39, 0.29) is 6.61 Å². The molecule has 3 aromatic heterocycles. The summed E-state index contributed by atoms with van der Waals surface area (Å²) < 4.78 is 5.26. The number of nitrogens with zero attached hydrogens (tertiary/aromatic N) is 2. The largest absolute Gasteiger partial charge is 0.454 e. The molecule has 0 amide bonds. The SMILES string of the molecule is Nc1nc(COC(=O)/C=C/c2cccs2)nc2sc3c(c12)CCCCC3. The van der Waals surface area contributed by atoms with Crippen molar-refractivity contribution in [3.63, 3.8) is 0 Å². The molecule has 0 bridgehead atoms. The topological polar surface area (TPSA) is 78.1 Å². The van der Waals surface area contributed by atoms with Crippen LogP contribution in [0.4, 0.5) is 5.82 Å². The highest BCUT2D eigenvalue weighted by atomic mass is 32.1. The van der Waals surface area contributed by atoms with Gasteiger partial charge in [-0.2, -0.15) is 0 Å². The number of nitrogens with two attached hydrogens (primary N) is 1. The molecule has 0 spiro atoms. The molecule has 3 aromatic rings. The number of aryl methyl sites for hydroxylation is 2. The van der Waals surface area contributed by atoms with Gasteiger partial charge in [0.15, 0.2) is 12.4 Å². The standard InChI is InChI=1S/C19H19N3O2S2/c20-18-17-13-6-2-1-3-7-14(13)26-19(17)22-15(21-18)11-24-16(23)9-8-12-5-4-10-25-12/h4-5,8-10H,1-3,6-7,11H2,(H2,20,21,22)/b9-8+. The highest BCUT2D eigenvalue weighted by molar-refractivity contribution is 7.19. The van der Waals surface area contributed by atoms with Crippen LogP contribution in [0.1, 0.15) is 40.4 Å². The Bertz CT molecular complexity index is 961. The number of hydrogen-bond donors (Lipinski definition) is 1. The van der Waals surface area contributed by atoms with E-state index in [1.165, 1.54) is 35.8 Å². The Morgan fingerprint density at radius 2 is 2.15 bits per heavy atom. The predicted octanol–water partition coefficient (Wildman–Crippen LogP) is 4.36. The van der Waals surface area contributed by atoms with Crippen molar-refractivity contribution in [2.45, 2.75) is 38.7 Å². The lowest BCUT2D eigenvalue weighted by atomic mass is 10.1. The maximum atomic E-state index is 11.9. The Balaban J connectivity index is 1.50. The van der Waals surface area contributed by atoms with Gasteiger partial charge >= 0.3 is 5.97 Å². The van der Waals surface area contributed by atoms with Crippen molar-refractivity contribution in [1.82, 2.24) is 9.97 Å². The van der Waals surface area contributed by atoms with Crippen molar-refractivity contribution in [2.75, 3.05) is 5.73 Å². The van der Waals surface area contributed by atoms with Crippen LogP contribution in [0.5, 0.6) is 0 Å². The number of rotatable bonds is 4. The van der Waals surface area contributed by atoms with Crippen molar-refractivity contribution in [3.8, 4) is 0 Å². The van der Waals surface area contributed by atoms with Gasteiger partial charge in [0.05, 0.1) is 5.39 Å². The van der Waals surface area contributed by atoms with Crippen molar-refractivity contribution < 1.29 is 9.53 Å². The lowest BCUT2D eigenvalue weighted by Gasteiger charge is -2.05. The molecule has 5 nitrogen and oxygen atoms in total. The fraction of sp³-hybridized carbons (Fsp3) is 0.316. The van der Waals surface area contributed by atoms with Gasteiger partial charge in [-0.1, -0.05) is 12.5 Å².